The van der Waals surface area contributed by atoms with Gasteiger partial charge in [0.05, 0.1) is 12.3 Å². The Morgan fingerprint density at radius 2 is 1.85 bits per heavy atom. The van der Waals surface area contributed by atoms with Crippen molar-refractivity contribution in [3.8, 4) is 5.75 Å². The van der Waals surface area contributed by atoms with Crippen molar-refractivity contribution in [1.29, 1.82) is 0 Å². The number of para-hydroxylation sites is 2. The molecule has 1 heterocycles. The number of carbonyl (C=O) groups excluding carboxylic acids is 1. The van der Waals surface area contributed by atoms with Crippen LogP contribution in [0, 0.1) is 6.92 Å². The van der Waals surface area contributed by atoms with E-state index in [9.17, 15) is 4.79 Å². The number of aromatic nitrogens is 2. The first-order valence-electron chi connectivity index (χ1n) is 8.77. The van der Waals surface area contributed by atoms with E-state index in [1.54, 1.807) is 19.1 Å². The van der Waals surface area contributed by atoms with Crippen LogP contribution in [0.3, 0.4) is 0 Å². The standard InChI is InChI=1S/C21H22N4O2/c1-4-27-19-11-6-5-10-18(19)24-21-22-14(2)12-20(25-21)23-17-9-7-8-16(13-17)15(3)26/h5-13H,4H2,1-3H3,(H2,22,23,24,25). The van der Waals surface area contributed by atoms with Crippen LogP contribution in [0.15, 0.2) is 54.6 Å². The highest BCUT2D eigenvalue weighted by atomic mass is 16.5. The van der Waals surface area contributed by atoms with E-state index in [-0.39, 0.29) is 5.78 Å². The van der Waals surface area contributed by atoms with Crippen molar-refractivity contribution in [3.63, 3.8) is 0 Å². The number of rotatable bonds is 7. The topological polar surface area (TPSA) is 76.1 Å². The lowest BCUT2D eigenvalue weighted by Crippen LogP contribution is -2.04. The van der Waals surface area contributed by atoms with E-state index in [1.807, 2.05) is 56.3 Å². The summed E-state index contributed by atoms with van der Waals surface area (Å²) in [6.45, 7) is 5.97. The monoisotopic (exact) mass is 362 g/mol. The van der Waals surface area contributed by atoms with Crippen molar-refractivity contribution in [2.75, 3.05) is 17.2 Å². The number of benzene rings is 2. The molecule has 0 saturated carbocycles. The summed E-state index contributed by atoms with van der Waals surface area (Å²) in [7, 11) is 0. The maximum Gasteiger partial charge on any atom is 0.229 e. The number of anilines is 4. The Hall–Kier alpha value is -3.41. The molecule has 0 aliphatic heterocycles. The molecule has 0 unspecified atom stereocenters. The molecule has 6 nitrogen and oxygen atoms in total. The van der Waals surface area contributed by atoms with Crippen LogP contribution in [0.4, 0.5) is 23.1 Å². The first-order chi connectivity index (χ1) is 13.0. The molecular formula is C21H22N4O2. The average molecular weight is 362 g/mol. The summed E-state index contributed by atoms with van der Waals surface area (Å²) in [6.07, 6.45) is 0. The Balaban J connectivity index is 1.85. The highest BCUT2D eigenvalue weighted by Gasteiger charge is 2.08. The molecule has 0 aliphatic carbocycles. The molecule has 3 aromatic rings. The molecule has 0 spiro atoms. The Labute approximate surface area is 158 Å². The van der Waals surface area contributed by atoms with Crippen molar-refractivity contribution in [2.24, 2.45) is 0 Å². The molecule has 0 aliphatic rings. The zero-order valence-electron chi connectivity index (χ0n) is 15.6. The van der Waals surface area contributed by atoms with Gasteiger partial charge in [0.1, 0.15) is 11.6 Å². The van der Waals surface area contributed by atoms with Gasteiger partial charge in [-0.2, -0.15) is 4.98 Å². The molecule has 2 N–H and O–H groups in total. The zero-order chi connectivity index (χ0) is 19.2. The van der Waals surface area contributed by atoms with E-state index >= 15 is 0 Å². The largest absolute Gasteiger partial charge is 0.492 e. The summed E-state index contributed by atoms with van der Waals surface area (Å²) in [5, 5.41) is 6.44. The lowest BCUT2D eigenvalue weighted by atomic mass is 10.1. The second-order valence-electron chi connectivity index (χ2n) is 6.03. The summed E-state index contributed by atoms with van der Waals surface area (Å²) in [4.78, 5) is 20.5. The zero-order valence-corrected chi connectivity index (χ0v) is 15.6. The molecule has 3 rings (SSSR count). The third kappa shape index (κ3) is 4.82. The minimum absolute atomic E-state index is 0.0207. The van der Waals surface area contributed by atoms with Gasteiger partial charge in [0, 0.05) is 23.0 Å². The Kier molecular flexibility index (Phi) is 5.66. The molecule has 0 saturated heterocycles. The fraction of sp³-hybridized carbons (Fsp3) is 0.190. The number of nitrogens with one attached hydrogen (secondary N) is 2. The molecule has 2 aromatic carbocycles. The highest BCUT2D eigenvalue weighted by molar-refractivity contribution is 5.95. The van der Waals surface area contributed by atoms with E-state index in [0.29, 0.717) is 23.9 Å². The van der Waals surface area contributed by atoms with Gasteiger partial charge in [0.25, 0.3) is 0 Å². The fourth-order valence-electron chi connectivity index (χ4n) is 2.62. The van der Waals surface area contributed by atoms with E-state index in [0.717, 1.165) is 22.8 Å². The van der Waals surface area contributed by atoms with E-state index in [2.05, 4.69) is 20.6 Å². The maximum atomic E-state index is 11.6. The van der Waals surface area contributed by atoms with Crippen LogP contribution in [0.2, 0.25) is 0 Å². The molecule has 1 aromatic heterocycles. The van der Waals surface area contributed by atoms with Gasteiger partial charge in [0.15, 0.2) is 5.78 Å². The fourth-order valence-corrected chi connectivity index (χ4v) is 2.62. The van der Waals surface area contributed by atoms with E-state index < -0.39 is 0 Å². The summed E-state index contributed by atoms with van der Waals surface area (Å²) in [5.41, 5.74) is 3.05. The van der Waals surface area contributed by atoms with Crippen LogP contribution in [0.25, 0.3) is 0 Å². The van der Waals surface area contributed by atoms with Gasteiger partial charge in [-0.05, 0) is 45.0 Å². The summed E-state index contributed by atoms with van der Waals surface area (Å²) in [6, 6.07) is 16.8. The third-order valence-electron chi connectivity index (χ3n) is 3.83. The number of hydrogen-bond donors (Lipinski definition) is 2. The number of Topliss-reactive ketones (excluding diaryl/α,β-unsaturated/α-hetero) is 1. The third-order valence-corrected chi connectivity index (χ3v) is 3.83. The van der Waals surface area contributed by atoms with Gasteiger partial charge in [-0.1, -0.05) is 24.3 Å². The normalized spacial score (nSPS) is 10.3. The van der Waals surface area contributed by atoms with Gasteiger partial charge >= 0.3 is 0 Å². The van der Waals surface area contributed by atoms with Gasteiger partial charge in [-0.3, -0.25) is 4.79 Å². The molecule has 0 fully saturated rings. The predicted molar refractivity (Wildman–Crippen MR) is 107 cm³/mol. The molecule has 0 radical (unpaired) electrons. The maximum absolute atomic E-state index is 11.6. The molecule has 0 bridgehead atoms. The summed E-state index contributed by atoms with van der Waals surface area (Å²) in [5.74, 6) is 1.87. The number of ether oxygens (including phenoxy) is 1. The first-order valence-corrected chi connectivity index (χ1v) is 8.77. The summed E-state index contributed by atoms with van der Waals surface area (Å²) >= 11 is 0. The number of nitrogens with zero attached hydrogens (tertiary/aromatic N) is 2. The van der Waals surface area contributed by atoms with Crippen LogP contribution in [0.5, 0.6) is 5.75 Å². The van der Waals surface area contributed by atoms with Gasteiger partial charge in [0.2, 0.25) is 5.95 Å². The molecule has 0 atom stereocenters. The van der Waals surface area contributed by atoms with Crippen LogP contribution >= 0.6 is 0 Å². The number of carbonyl (C=O) groups is 1. The second kappa shape index (κ2) is 8.31. The molecule has 6 heteroatoms. The van der Waals surface area contributed by atoms with Crippen molar-refractivity contribution < 1.29 is 9.53 Å². The molecule has 138 valence electrons. The average Bonchev–Trinajstić information content (AvgIpc) is 2.63. The lowest BCUT2D eigenvalue weighted by molar-refractivity contribution is 0.101. The Morgan fingerprint density at radius 1 is 1.04 bits per heavy atom. The van der Waals surface area contributed by atoms with Crippen LogP contribution in [-0.4, -0.2) is 22.4 Å². The molecule has 27 heavy (non-hydrogen) atoms. The van der Waals surface area contributed by atoms with Crippen molar-refractivity contribution in [3.05, 3.63) is 65.9 Å². The van der Waals surface area contributed by atoms with E-state index in [1.165, 1.54) is 0 Å². The van der Waals surface area contributed by atoms with Crippen LogP contribution in [-0.2, 0) is 0 Å². The van der Waals surface area contributed by atoms with E-state index in [4.69, 9.17) is 4.74 Å². The Bertz CT molecular complexity index is 956. The molecular weight excluding hydrogens is 340 g/mol. The minimum atomic E-state index is 0.0207. The number of ketones is 1. The van der Waals surface area contributed by atoms with Crippen molar-refractivity contribution in [1.82, 2.24) is 9.97 Å². The smallest absolute Gasteiger partial charge is 0.229 e. The van der Waals surface area contributed by atoms with Crippen LogP contribution in [0.1, 0.15) is 29.9 Å². The second-order valence-corrected chi connectivity index (χ2v) is 6.03. The highest BCUT2D eigenvalue weighted by Crippen LogP contribution is 2.27. The van der Waals surface area contributed by atoms with Gasteiger partial charge in [-0.15, -0.1) is 0 Å². The quantitative estimate of drug-likeness (QED) is 0.584. The first kappa shape index (κ1) is 18.4. The van der Waals surface area contributed by atoms with Gasteiger partial charge < -0.3 is 15.4 Å². The van der Waals surface area contributed by atoms with Crippen LogP contribution < -0.4 is 15.4 Å². The summed E-state index contributed by atoms with van der Waals surface area (Å²) < 4.78 is 5.64. The minimum Gasteiger partial charge on any atom is -0.492 e. The van der Waals surface area contributed by atoms with Crippen molar-refractivity contribution >= 4 is 28.9 Å². The van der Waals surface area contributed by atoms with Crippen molar-refractivity contribution in [2.45, 2.75) is 20.8 Å². The lowest BCUT2D eigenvalue weighted by Gasteiger charge is -2.13. The SMILES string of the molecule is CCOc1ccccc1Nc1nc(C)cc(Nc2cccc(C(C)=O)c2)n1. The number of hydrogen-bond acceptors (Lipinski definition) is 6. The number of aryl methyl sites for hydroxylation is 1. The Morgan fingerprint density at radius 3 is 2.63 bits per heavy atom. The van der Waals surface area contributed by atoms with Gasteiger partial charge in [-0.25, -0.2) is 4.98 Å². The molecule has 0 amide bonds. The predicted octanol–water partition coefficient (Wildman–Crippen LogP) is 4.87.